The molecule has 0 aliphatic carbocycles. The van der Waals surface area contributed by atoms with E-state index in [1.165, 1.54) is 4.31 Å². The van der Waals surface area contributed by atoms with Crippen LogP contribution in [0.3, 0.4) is 0 Å². The van der Waals surface area contributed by atoms with Gasteiger partial charge in [0.2, 0.25) is 15.9 Å². The summed E-state index contributed by atoms with van der Waals surface area (Å²) in [6.07, 6.45) is 1.32. The number of carbonyl (C=O) groups excluding carboxylic acids is 1. The Bertz CT molecular complexity index is 1030. The number of hydrogen-bond acceptors (Lipinski definition) is 4. The monoisotopic (exact) mass is 430 g/mol. The summed E-state index contributed by atoms with van der Waals surface area (Å²) >= 11 is 0. The number of benzene rings is 2. The number of rotatable bonds is 6. The van der Waals surface area contributed by atoms with Crippen LogP contribution in [-0.4, -0.2) is 38.3 Å². The van der Waals surface area contributed by atoms with Crippen LogP contribution in [0.15, 0.2) is 41.3 Å². The van der Waals surface area contributed by atoms with Crippen molar-refractivity contribution in [1.82, 2.24) is 4.31 Å². The number of anilines is 1. The van der Waals surface area contributed by atoms with Crippen molar-refractivity contribution in [2.24, 2.45) is 5.92 Å². The molecule has 0 aromatic heterocycles. The minimum Gasteiger partial charge on any atom is -0.494 e. The van der Waals surface area contributed by atoms with Gasteiger partial charge in [0, 0.05) is 18.8 Å². The van der Waals surface area contributed by atoms with E-state index in [0.29, 0.717) is 31.7 Å². The predicted octanol–water partition coefficient (Wildman–Crippen LogP) is 4.05. The van der Waals surface area contributed by atoms with Gasteiger partial charge in [-0.2, -0.15) is 4.31 Å². The molecule has 1 saturated heterocycles. The molecule has 1 heterocycles. The quantitative estimate of drug-likeness (QED) is 0.750. The summed E-state index contributed by atoms with van der Waals surface area (Å²) in [5.41, 5.74) is 3.61. The lowest BCUT2D eigenvalue weighted by molar-refractivity contribution is -0.120. The van der Waals surface area contributed by atoms with Crippen LogP contribution in [0.5, 0.6) is 5.75 Å². The van der Waals surface area contributed by atoms with Crippen LogP contribution in [-0.2, 0) is 14.8 Å². The highest BCUT2D eigenvalue weighted by atomic mass is 32.2. The first kappa shape index (κ1) is 22.3. The van der Waals surface area contributed by atoms with Crippen LogP contribution in [0, 0.1) is 26.7 Å². The molecule has 1 aliphatic rings. The van der Waals surface area contributed by atoms with Crippen LogP contribution in [0.1, 0.15) is 36.5 Å². The Morgan fingerprint density at radius 3 is 2.60 bits per heavy atom. The topological polar surface area (TPSA) is 75.7 Å². The van der Waals surface area contributed by atoms with Gasteiger partial charge in [-0.15, -0.1) is 0 Å². The number of aryl methyl sites for hydroxylation is 3. The van der Waals surface area contributed by atoms with Gasteiger partial charge in [-0.1, -0.05) is 12.1 Å². The fraction of sp³-hybridized carbons (Fsp3) is 0.435. The minimum absolute atomic E-state index is 0.133. The Kier molecular flexibility index (Phi) is 6.83. The number of carbonyl (C=O) groups is 1. The van der Waals surface area contributed by atoms with Gasteiger partial charge in [0.15, 0.2) is 0 Å². The molecule has 0 bridgehead atoms. The number of ether oxygens (including phenoxy) is 1. The summed E-state index contributed by atoms with van der Waals surface area (Å²) < 4.78 is 33.3. The molecule has 7 heteroatoms. The number of piperidine rings is 1. The third kappa shape index (κ3) is 4.84. The Labute approximate surface area is 179 Å². The first-order valence-electron chi connectivity index (χ1n) is 10.3. The molecule has 1 atom stereocenters. The molecule has 0 radical (unpaired) electrons. The van der Waals surface area contributed by atoms with E-state index in [0.717, 1.165) is 22.4 Å². The standard InChI is InChI=1S/C23H30N2O4S/c1-5-29-22-11-10-20(14-18(22)4)30(27,28)25-12-6-7-19(15-25)23(26)24-21-13-16(2)8-9-17(21)3/h8-11,13-14,19H,5-7,12,15H2,1-4H3,(H,24,26)/t19-/m0/s1. The van der Waals surface area contributed by atoms with Gasteiger partial charge in [-0.3, -0.25) is 4.79 Å². The molecule has 1 aliphatic heterocycles. The second-order valence-corrected chi connectivity index (χ2v) is 9.81. The molecule has 3 rings (SSSR count). The van der Waals surface area contributed by atoms with E-state index in [9.17, 15) is 13.2 Å². The van der Waals surface area contributed by atoms with Crippen LogP contribution in [0.2, 0.25) is 0 Å². The third-order valence-corrected chi connectivity index (χ3v) is 7.35. The largest absolute Gasteiger partial charge is 0.494 e. The molecule has 162 valence electrons. The van der Waals surface area contributed by atoms with E-state index >= 15 is 0 Å². The van der Waals surface area contributed by atoms with Crippen molar-refractivity contribution in [3.8, 4) is 5.75 Å². The highest BCUT2D eigenvalue weighted by molar-refractivity contribution is 7.89. The van der Waals surface area contributed by atoms with E-state index in [1.54, 1.807) is 18.2 Å². The summed E-state index contributed by atoms with van der Waals surface area (Å²) in [4.78, 5) is 13.1. The summed E-state index contributed by atoms with van der Waals surface area (Å²) in [6, 6.07) is 10.8. The lowest BCUT2D eigenvalue weighted by Crippen LogP contribution is -2.43. The third-order valence-electron chi connectivity index (χ3n) is 5.49. The van der Waals surface area contributed by atoms with Crippen LogP contribution in [0.25, 0.3) is 0 Å². The number of amides is 1. The molecule has 0 saturated carbocycles. The van der Waals surface area contributed by atoms with Crippen molar-refractivity contribution in [2.45, 2.75) is 45.4 Å². The molecule has 6 nitrogen and oxygen atoms in total. The van der Waals surface area contributed by atoms with Crippen LogP contribution < -0.4 is 10.1 Å². The molecule has 0 unspecified atom stereocenters. The molecular formula is C23H30N2O4S. The average Bonchev–Trinajstić information content (AvgIpc) is 2.72. The molecule has 0 spiro atoms. The number of sulfonamides is 1. The van der Waals surface area contributed by atoms with Crippen molar-refractivity contribution in [3.63, 3.8) is 0 Å². The van der Waals surface area contributed by atoms with Gasteiger partial charge >= 0.3 is 0 Å². The molecule has 2 aromatic carbocycles. The summed E-state index contributed by atoms with van der Waals surface area (Å²) in [6.45, 7) is 8.77. The molecule has 1 fully saturated rings. The number of nitrogens with zero attached hydrogens (tertiary/aromatic N) is 1. The summed E-state index contributed by atoms with van der Waals surface area (Å²) in [7, 11) is -3.67. The summed E-state index contributed by atoms with van der Waals surface area (Å²) in [5, 5.41) is 2.99. The Balaban J connectivity index is 1.75. The van der Waals surface area contributed by atoms with Crippen molar-refractivity contribution >= 4 is 21.6 Å². The molecule has 1 amide bonds. The molecular weight excluding hydrogens is 400 g/mol. The second-order valence-electron chi connectivity index (χ2n) is 7.87. The Morgan fingerprint density at radius 2 is 1.90 bits per heavy atom. The number of nitrogens with one attached hydrogen (secondary N) is 1. The maximum absolute atomic E-state index is 13.2. The first-order valence-corrected chi connectivity index (χ1v) is 11.8. The van der Waals surface area contributed by atoms with Gasteiger partial charge < -0.3 is 10.1 Å². The predicted molar refractivity (Wildman–Crippen MR) is 118 cm³/mol. The van der Waals surface area contributed by atoms with Gasteiger partial charge in [-0.05, 0) is 81.5 Å². The average molecular weight is 431 g/mol. The van der Waals surface area contributed by atoms with Crippen molar-refractivity contribution in [2.75, 3.05) is 25.0 Å². The highest BCUT2D eigenvalue weighted by Gasteiger charge is 2.33. The van der Waals surface area contributed by atoms with Gasteiger partial charge in [-0.25, -0.2) is 8.42 Å². The fourth-order valence-corrected chi connectivity index (χ4v) is 5.34. The van der Waals surface area contributed by atoms with Crippen LogP contribution in [0.4, 0.5) is 5.69 Å². The lowest BCUT2D eigenvalue weighted by atomic mass is 9.98. The maximum Gasteiger partial charge on any atom is 0.243 e. The SMILES string of the molecule is CCOc1ccc(S(=O)(=O)N2CCC[C@H](C(=O)Nc3cc(C)ccc3C)C2)cc1C. The number of hydrogen-bond donors (Lipinski definition) is 1. The highest BCUT2D eigenvalue weighted by Crippen LogP contribution is 2.28. The van der Waals surface area contributed by atoms with E-state index in [1.807, 2.05) is 45.9 Å². The lowest BCUT2D eigenvalue weighted by Gasteiger charge is -2.31. The van der Waals surface area contributed by atoms with Gasteiger partial charge in [0.25, 0.3) is 0 Å². The molecule has 30 heavy (non-hydrogen) atoms. The molecule has 2 aromatic rings. The van der Waals surface area contributed by atoms with Gasteiger partial charge in [0.05, 0.1) is 17.4 Å². The maximum atomic E-state index is 13.2. The zero-order chi connectivity index (χ0) is 21.9. The zero-order valence-electron chi connectivity index (χ0n) is 18.1. The zero-order valence-corrected chi connectivity index (χ0v) is 18.9. The second kappa shape index (κ2) is 9.18. The summed E-state index contributed by atoms with van der Waals surface area (Å²) in [5.74, 6) is 0.171. The normalized spacial score (nSPS) is 17.5. The van der Waals surface area contributed by atoms with E-state index in [4.69, 9.17) is 4.74 Å². The Morgan fingerprint density at radius 1 is 1.13 bits per heavy atom. The van der Waals surface area contributed by atoms with Crippen molar-refractivity contribution < 1.29 is 17.9 Å². The van der Waals surface area contributed by atoms with Crippen LogP contribution >= 0.6 is 0 Å². The fourth-order valence-electron chi connectivity index (χ4n) is 3.73. The van der Waals surface area contributed by atoms with Crippen molar-refractivity contribution in [3.05, 3.63) is 53.1 Å². The minimum atomic E-state index is -3.67. The smallest absolute Gasteiger partial charge is 0.243 e. The van der Waals surface area contributed by atoms with Crippen molar-refractivity contribution in [1.29, 1.82) is 0 Å². The molecule has 1 N–H and O–H groups in total. The van der Waals surface area contributed by atoms with E-state index in [-0.39, 0.29) is 23.3 Å². The first-order chi connectivity index (χ1) is 14.2. The van der Waals surface area contributed by atoms with Gasteiger partial charge in [0.1, 0.15) is 5.75 Å². The van der Waals surface area contributed by atoms with E-state index < -0.39 is 10.0 Å². The Hall–Kier alpha value is -2.38. The van der Waals surface area contributed by atoms with E-state index in [2.05, 4.69) is 5.32 Å².